The molecule has 1 saturated heterocycles. The van der Waals surface area contributed by atoms with E-state index in [-0.39, 0.29) is 5.91 Å². The first-order valence-electron chi connectivity index (χ1n) is 9.06. The van der Waals surface area contributed by atoms with Crippen molar-refractivity contribution in [1.29, 1.82) is 0 Å². The van der Waals surface area contributed by atoms with Crippen molar-refractivity contribution >= 4 is 17.7 Å². The number of hydrogen-bond donors (Lipinski definition) is 0. The van der Waals surface area contributed by atoms with Gasteiger partial charge in [0.1, 0.15) is 0 Å². The summed E-state index contributed by atoms with van der Waals surface area (Å²) in [6.07, 6.45) is 7.23. The van der Waals surface area contributed by atoms with Crippen molar-refractivity contribution in [2.45, 2.75) is 49.8 Å². The number of aromatic nitrogens is 1. The third-order valence-electron chi connectivity index (χ3n) is 4.85. The molecule has 0 aliphatic carbocycles. The second kappa shape index (κ2) is 8.52. The zero-order chi connectivity index (χ0) is 17.6. The number of carbonyl (C=O) groups excluding carboxylic acids is 1. The van der Waals surface area contributed by atoms with E-state index >= 15 is 0 Å². The van der Waals surface area contributed by atoms with Crippen LogP contribution < -0.4 is 0 Å². The Morgan fingerprint density at radius 2 is 2.00 bits per heavy atom. The van der Waals surface area contributed by atoms with Crippen molar-refractivity contribution in [3.05, 3.63) is 59.9 Å². The van der Waals surface area contributed by atoms with Crippen LogP contribution in [0.3, 0.4) is 0 Å². The summed E-state index contributed by atoms with van der Waals surface area (Å²) in [7, 11) is 0. The van der Waals surface area contributed by atoms with Crippen LogP contribution >= 0.6 is 11.8 Å². The molecule has 1 fully saturated rings. The number of likely N-dealkylation sites (tertiary alicyclic amines) is 1. The highest BCUT2D eigenvalue weighted by Gasteiger charge is 2.25. The average molecular weight is 355 g/mol. The van der Waals surface area contributed by atoms with Crippen molar-refractivity contribution in [2.24, 2.45) is 5.92 Å². The van der Waals surface area contributed by atoms with Crippen molar-refractivity contribution in [3.63, 3.8) is 0 Å². The molecule has 1 aromatic heterocycles. The Labute approximate surface area is 154 Å². The summed E-state index contributed by atoms with van der Waals surface area (Å²) in [6, 6.07) is 12.4. The maximum absolute atomic E-state index is 12.9. The minimum absolute atomic E-state index is 0.171. The van der Waals surface area contributed by atoms with Gasteiger partial charge < -0.3 is 4.90 Å². The van der Waals surface area contributed by atoms with Gasteiger partial charge in [0.05, 0.1) is 0 Å². The number of rotatable bonds is 4. The van der Waals surface area contributed by atoms with E-state index in [2.05, 4.69) is 41.9 Å². The first-order chi connectivity index (χ1) is 12.1. The smallest absolute Gasteiger partial charge is 0.254 e. The lowest BCUT2D eigenvalue weighted by atomic mass is 10.1. The van der Waals surface area contributed by atoms with E-state index in [9.17, 15) is 4.79 Å². The Bertz CT molecular complexity index is 687. The molecule has 3 rings (SSSR count). The number of benzene rings is 1. The standard InChI is InChI=1S/C21H26N2OS/c1-16-5-3-6-17(2)23(14-16)21(24)19-8-10-20(11-9-19)25-15-18-7-4-12-22-13-18/h4,7-13,16-17H,3,5-6,14-15H2,1-2H3/t16-,17-/m0/s1. The predicted molar refractivity (Wildman–Crippen MR) is 104 cm³/mol. The lowest BCUT2D eigenvalue weighted by molar-refractivity contribution is 0.0677. The number of pyridine rings is 1. The molecular formula is C21H26N2OS. The van der Waals surface area contributed by atoms with Crippen LogP contribution in [-0.2, 0) is 5.75 Å². The molecule has 1 aromatic carbocycles. The number of carbonyl (C=O) groups is 1. The lowest BCUT2D eigenvalue weighted by Crippen LogP contribution is -2.39. The largest absolute Gasteiger partial charge is 0.336 e. The Kier molecular flexibility index (Phi) is 6.14. The first kappa shape index (κ1) is 18.0. The highest BCUT2D eigenvalue weighted by atomic mass is 32.2. The summed E-state index contributed by atoms with van der Waals surface area (Å²) >= 11 is 1.77. The fraction of sp³-hybridized carbons (Fsp3) is 0.429. The van der Waals surface area contributed by atoms with E-state index in [0.717, 1.165) is 24.3 Å². The minimum atomic E-state index is 0.171. The quantitative estimate of drug-likeness (QED) is 0.723. The maximum Gasteiger partial charge on any atom is 0.254 e. The van der Waals surface area contributed by atoms with E-state index in [1.807, 2.05) is 24.4 Å². The molecule has 0 unspecified atom stereocenters. The Hall–Kier alpha value is -1.81. The third-order valence-corrected chi connectivity index (χ3v) is 5.93. The molecule has 1 amide bonds. The van der Waals surface area contributed by atoms with Crippen molar-refractivity contribution in [1.82, 2.24) is 9.88 Å². The molecule has 2 heterocycles. The van der Waals surface area contributed by atoms with Crippen LogP contribution in [-0.4, -0.2) is 28.4 Å². The highest BCUT2D eigenvalue weighted by molar-refractivity contribution is 7.98. The van der Waals surface area contributed by atoms with Gasteiger partial charge in [0, 0.05) is 41.2 Å². The summed E-state index contributed by atoms with van der Waals surface area (Å²) in [5, 5.41) is 0. The Balaban J connectivity index is 1.63. The van der Waals surface area contributed by atoms with Crippen LogP contribution in [0.15, 0.2) is 53.7 Å². The number of nitrogens with zero attached hydrogens (tertiary/aromatic N) is 2. The summed E-state index contributed by atoms with van der Waals surface area (Å²) in [4.78, 5) is 20.3. The molecule has 132 valence electrons. The monoisotopic (exact) mass is 354 g/mol. The number of thioether (sulfide) groups is 1. The van der Waals surface area contributed by atoms with Crippen molar-refractivity contribution < 1.29 is 4.79 Å². The van der Waals surface area contributed by atoms with Crippen LogP contribution in [0, 0.1) is 5.92 Å². The fourth-order valence-corrected chi connectivity index (χ4v) is 4.15. The molecule has 2 atom stereocenters. The molecule has 1 aliphatic rings. The van der Waals surface area contributed by atoms with Gasteiger partial charge in [-0.2, -0.15) is 0 Å². The Morgan fingerprint density at radius 3 is 2.72 bits per heavy atom. The van der Waals surface area contributed by atoms with Crippen molar-refractivity contribution in [3.8, 4) is 0 Å². The van der Waals surface area contributed by atoms with Crippen LogP contribution in [0.25, 0.3) is 0 Å². The third kappa shape index (κ3) is 4.85. The van der Waals surface area contributed by atoms with Crippen LogP contribution in [0.2, 0.25) is 0 Å². The summed E-state index contributed by atoms with van der Waals surface area (Å²) in [5.41, 5.74) is 2.01. The first-order valence-corrected chi connectivity index (χ1v) is 10.0. The maximum atomic E-state index is 12.9. The molecule has 3 nitrogen and oxygen atoms in total. The van der Waals surface area contributed by atoms with Crippen molar-refractivity contribution in [2.75, 3.05) is 6.54 Å². The molecule has 0 radical (unpaired) electrons. The van der Waals surface area contributed by atoms with E-state index in [1.165, 1.54) is 23.3 Å². The normalized spacial score (nSPS) is 21.0. The van der Waals surface area contributed by atoms with Gasteiger partial charge in [0.15, 0.2) is 0 Å². The number of hydrogen-bond acceptors (Lipinski definition) is 3. The molecule has 25 heavy (non-hydrogen) atoms. The van der Waals surface area contributed by atoms with E-state index < -0.39 is 0 Å². The average Bonchev–Trinajstić information content (AvgIpc) is 2.81. The van der Waals surface area contributed by atoms with E-state index in [1.54, 1.807) is 18.0 Å². The molecule has 1 aliphatic heterocycles. The molecule has 0 N–H and O–H groups in total. The van der Waals surface area contributed by atoms with Gasteiger partial charge in [0.25, 0.3) is 5.91 Å². The van der Waals surface area contributed by atoms with Gasteiger partial charge in [-0.25, -0.2) is 0 Å². The summed E-state index contributed by atoms with van der Waals surface area (Å²) in [5.74, 6) is 1.65. The predicted octanol–water partition coefficient (Wildman–Crippen LogP) is 5.02. The van der Waals surface area contributed by atoms with Gasteiger partial charge >= 0.3 is 0 Å². The fourth-order valence-electron chi connectivity index (χ4n) is 3.32. The summed E-state index contributed by atoms with van der Waals surface area (Å²) < 4.78 is 0. The van der Waals surface area contributed by atoms with Crippen LogP contribution in [0.5, 0.6) is 0 Å². The van der Waals surface area contributed by atoms with Crippen LogP contribution in [0.1, 0.15) is 49.0 Å². The van der Waals surface area contributed by atoms with Gasteiger partial charge in [-0.3, -0.25) is 9.78 Å². The lowest BCUT2D eigenvalue weighted by Gasteiger charge is -2.28. The molecular weight excluding hydrogens is 328 g/mol. The van der Waals surface area contributed by atoms with Gasteiger partial charge in [0.2, 0.25) is 0 Å². The topological polar surface area (TPSA) is 33.2 Å². The van der Waals surface area contributed by atoms with Gasteiger partial charge in [-0.05, 0) is 61.6 Å². The second-order valence-corrected chi connectivity index (χ2v) is 8.07. The van der Waals surface area contributed by atoms with E-state index in [0.29, 0.717) is 12.0 Å². The minimum Gasteiger partial charge on any atom is -0.336 e. The van der Waals surface area contributed by atoms with E-state index in [4.69, 9.17) is 0 Å². The molecule has 4 heteroatoms. The Morgan fingerprint density at radius 1 is 1.20 bits per heavy atom. The second-order valence-electron chi connectivity index (χ2n) is 7.02. The zero-order valence-electron chi connectivity index (χ0n) is 15.0. The summed E-state index contributed by atoms with van der Waals surface area (Å²) in [6.45, 7) is 5.29. The zero-order valence-corrected chi connectivity index (χ0v) is 15.8. The molecule has 0 saturated carbocycles. The van der Waals surface area contributed by atoms with Gasteiger partial charge in [-0.1, -0.05) is 19.4 Å². The number of amides is 1. The highest BCUT2D eigenvalue weighted by Crippen LogP contribution is 2.25. The van der Waals surface area contributed by atoms with Gasteiger partial charge in [-0.15, -0.1) is 11.8 Å². The molecule has 0 bridgehead atoms. The SMILES string of the molecule is C[C@H]1CCC[C@H](C)N(C(=O)c2ccc(SCc3cccnc3)cc2)C1. The molecule has 2 aromatic rings. The molecule has 0 spiro atoms. The van der Waals surface area contributed by atoms with Crippen LogP contribution in [0.4, 0.5) is 0 Å².